The van der Waals surface area contributed by atoms with E-state index in [1.54, 1.807) is 24.3 Å². The third-order valence-corrected chi connectivity index (χ3v) is 3.71. The number of nitrogens with two attached hydrogens (primary N) is 1. The summed E-state index contributed by atoms with van der Waals surface area (Å²) in [5, 5.41) is 2.79. The fourth-order valence-corrected chi connectivity index (χ4v) is 2.62. The van der Waals surface area contributed by atoms with Crippen LogP contribution in [0.15, 0.2) is 24.3 Å². The molecule has 2 rings (SSSR count). The van der Waals surface area contributed by atoms with Crippen molar-refractivity contribution in [2.75, 3.05) is 31.9 Å². The third kappa shape index (κ3) is 8.08. The summed E-state index contributed by atoms with van der Waals surface area (Å²) in [5.74, 6) is -0.0447. The number of anilines is 1. The predicted molar refractivity (Wildman–Crippen MR) is 92.7 cm³/mol. The molecule has 3 N–H and O–H groups in total. The van der Waals surface area contributed by atoms with Gasteiger partial charge in [-0.1, -0.05) is 12.1 Å². The normalized spacial score (nSPS) is 17.7. The van der Waals surface area contributed by atoms with Gasteiger partial charge in [-0.2, -0.15) is 13.2 Å². The molecule has 1 heterocycles. The lowest BCUT2D eigenvalue weighted by Gasteiger charge is -2.18. The number of hydrogen-bond donors (Lipinski definition) is 2. The molecule has 0 saturated carbocycles. The number of rotatable bonds is 5. The fourth-order valence-electron chi connectivity index (χ4n) is 2.62. The maximum absolute atomic E-state index is 12.3. The lowest BCUT2D eigenvalue weighted by atomic mass is 10.1. The van der Waals surface area contributed by atoms with Crippen LogP contribution in [0, 0.1) is 5.92 Å². The Morgan fingerprint density at radius 3 is 2.46 bits per heavy atom. The standard InChI is InChI=1S/C15H20F3N3O.2ClH/c16-15(17,18)10-21-6-5-12(9-21)8-20-14(22)7-11-1-3-13(19)4-2-11;;/h1-4,12H,5-10,19H2,(H,20,22);2*1H. The molecule has 0 radical (unpaired) electrons. The Hall–Kier alpha value is -1.18. The van der Waals surface area contributed by atoms with Crippen molar-refractivity contribution in [1.29, 1.82) is 0 Å². The number of halogens is 5. The maximum atomic E-state index is 12.3. The van der Waals surface area contributed by atoms with Crippen molar-refractivity contribution in [3.05, 3.63) is 29.8 Å². The average Bonchev–Trinajstić information content (AvgIpc) is 2.84. The molecule has 1 unspecified atom stereocenters. The van der Waals surface area contributed by atoms with Gasteiger partial charge in [-0.25, -0.2) is 0 Å². The van der Waals surface area contributed by atoms with Crippen LogP contribution in [0.4, 0.5) is 18.9 Å². The Labute approximate surface area is 151 Å². The first kappa shape index (κ1) is 22.8. The number of carbonyl (C=O) groups is 1. The van der Waals surface area contributed by atoms with E-state index in [-0.39, 0.29) is 43.1 Å². The second-order valence-electron chi connectivity index (χ2n) is 5.73. The summed E-state index contributed by atoms with van der Waals surface area (Å²) >= 11 is 0. The Morgan fingerprint density at radius 2 is 1.88 bits per heavy atom. The Morgan fingerprint density at radius 1 is 1.25 bits per heavy atom. The van der Waals surface area contributed by atoms with Crippen LogP contribution < -0.4 is 11.1 Å². The Bertz CT molecular complexity index is 512. The maximum Gasteiger partial charge on any atom is 0.401 e. The molecule has 0 spiro atoms. The van der Waals surface area contributed by atoms with Crippen molar-refractivity contribution in [1.82, 2.24) is 10.2 Å². The first-order valence-corrected chi connectivity index (χ1v) is 7.22. The van der Waals surface area contributed by atoms with E-state index in [4.69, 9.17) is 5.73 Å². The van der Waals surface area contributed by atoms with Crippen LogP contribution >= 0.6 is 24.8 Å². The van der Waals surface area contributed by atoms with Crippen molar-refractivity contribution in [3.8, 4) is 0 Å². The van der Waals surface area contributed by atoms with Gasteiger partial charge in [0.1, 0.15) is 0 Å². The Balaban J connectivity index is 0.00000264. The minimum absolute atomic E-state index is 0. The molecule has 4 nitrogen and oxygen atoms in total. The highest BCUT2D eigenvalue weighted by Crippen LogP contribution is 2.22. The van der Waals surface area contributed by atoms with Crippen LogP contribution in [0.2, 0.25) is 0 Å². The van der Waals surface area contributed by atoms with Crippen LogP contribution in [-0.4, -0.2) is 43.2 Å². The van der Waals surface area contributed by atoms with E-state index in [0.29, 0.717) is 31.7 Å². The number of nitrogens with one attached hydrogen (secondary N) is 1. The minimum Gasteiger partial charge on any atom is -0.399 e. The van der Waals surface area contributed by atoms with Crippen LogP contribution in [0.3, 0.4) is 0 Å². The molecule has 138 valence electrons. The number of hydrogen-bond acceptors (Lipinski definition) is 3. The molecule has 0 aromatic heterocycles. The molecule has 0 bridgehead atoms. The largest absolute Gasteiger partial charge is 0.401 e. The summed E-state index contributed by atoms with van der Waals surface area (Å²) in [7, 11) is 0. The number of carbonyl (C=O) groups excluding carboxylic acids is 1. The van der Waals surface area contributed by atoms with Gasteiger partial charge >= 0.3 is 6.18 Å². The molecule has 1 aromatic carbocycles. The zero-order valence-electron chi connectivity index (χ0n) is 13.0. The summed E-state index contributed by atoms with van der Waals surface area (Å²) in [5.41, 5.74) is 7.07. The molecule has 1 fully saturated rings. The molecule has 1 aliphatic rings. The molecular formula is C15H22Cl2F3N3O. The van der Waals surface area contributed by atoms with Crippen LogP contribution in [0.5, 0.6) is 0 Å². The summed E-state index contributed by atoms with van der Waals surface area (Å²) in [6, 6.07) is 7.04. The number of amides is 1. The third-order valence-electron chi connectivity index (χ3n) is 3.71. The van der Waals surface area contributed by atoms with E-state index in [1.165, 1.54) is 4.90 Å². The number of alkyl halides is 3. The fraction of sp³-hybridized carbons (Fsp3) is 0.533. The van der Waals surface area contributed by atoms with E-state index < -0.39 is 12.7 Å². The number of likely N-dealkylation sites (tertiary alicyclic amines) is 1. The van der Waals surface area contributed by atoms with E-state index in [2.05, 4.69) is 5.32 Å². The molecule has 1 amide bonds. The molecular weight excluding hydrogens is 366 g/mol. The number of nitrogens with zero attached hydrogens (tertiary/aromatic N) is 1. The van der Waals surface area contributed by atoms with Crippen molar-refractivity contribution < 1.29 is 18.0 Å². The quantitative estimate of drug-likeness (QED) is 0.763. The van der Waals surface area contributed by atoms with Gasteiger partial charge < -0.3 is 11.1 Å². The molecule has 0 aliphatic carbocycles. The van der Waals surface area contributed by atoms with E-state index in [1.807, 2.05) is 0 Å². The van der Waals surface area contributed by atoms with Gasteiger partial charge in [-0.15, -0.1) is 24.8 Å². The zero-order valence-corrected chi connectivity index (χ0v) is 14.6. The molecule has 1 aromatic rings. The molecule has 9 heteroatoms. The first-order chi connectivity index (χ1) is 10.3. The predicted octanol–water partition coefficient (Wildman–Crippen LogP) is 2.66. The first-order valence-electron chi connectivity index (χ1n) is 7.22. The molecule has 1 saturated heterocycles. The lowest BCUT2D eigenvalue weighted by Crippen LogP contribution is -2.35. The summed E-state index contributed by atoms with van der Waals surface area (Å²) in [4.78, 5) is 13.2. The van der Waals surface area contributed by atoms with Gasteiger partial charge in [0, 0.05) is 18.8 Å². The average molecular weight is 388 g/mol. The SMILES string of the molecule is Cl.Cl.Nc1ccc(CC(=O)NCC2CCN(CC(F)(F)F)C2)cc1. The van der Waals surface area contributed by atoms with Gasteiger partial charge in [0.05, 0.1) is 13.0 Å². The highest BCUT2D eigenvalue weighted by Gasteiger charge is 2.34. The van der Waals surface area contributed by atoms with Gasteiger partial charge in [0.15, 0.2) is 0 Å². The van der Waals surface area contributed by atoms with Crippen molar-refractivity contribution >= 4 is 36.4 Å². The zero-order chi connectivity index (χ0) is 16.2. The second-order valence-corrected chi connectivity index (χ2v) is 5.73. The Kier molecular flexibility index (Phi) is 9.47. The second kappa shape index (κ2) is 9.96. The van der Waals surface area contributed by atoms with Crippen LogP contribution in [-0.2, 0) is 11.2 Å². The smallest absolute Gasteiger partial charge is 0.399 e. The van der Waals surface area contributed by atoms with Gasteiger partial charge in [-0.3, -0.25) is 9.69 Å². The minimum atomic E-state index is -4.16. The van der Waals surface area contributed by atoms with Crippen molar-refractivity contribution in [2.24, 2.45) is 5.92 Å². The van der Waals surface area contributed by atoms with Crippen molar-refractivity contribution in [2.45, 2.75) is 19.0 Å². The highest BCUT2D eigenvalue weighted by atomic mass is 35.5. The molecule has 24 heavy (non-hydrogen) atoms. The number of nitrogen functional groups attached to an aromatic ring is 1. The highest BCUT2D eigenvalue weighted by molar-refractivity contribution is 5.85. The monoisotopic (exact) mass is 387 g/mol. The van der Waals surface area contributed by atoms with Crippen LogP contribution in [0.1, 0.15) is 12.0 Å². The van der Waals surface area contributed by atoms with Gasteiger partial charge in [0.25, 0.3) is 0 Å². The van der Waals surface area contributed by atoms with Crippen LogP contribution in [0.25, 0.3) is 0 Å². The van der Waals surface area contributed by atoms with E-state index in [9.17, 15) is 18.0 Å². The lowest BCUT2D eigenvalue weighted by molar-refractivity contribution is -0.143. The number of benzene rings is 1. The van der Waals surface area contributed by atoms with Gasteiger partial charge in [-0.05, 0) is 36.6 Å². The van der Waals surface area contributed by atoms with E-state index in [0.717, 1.165) is 5.56 Å². The van der Waals surface area contributed by atoms with Gasteiger partial charge in [0.2, 0.25) is 5.91 Å². The molecule has 1 atom stereocenters. The topological polar surface area (TPSA) is 58.4 Å². The molecule has 1 aliphatic heterocycles. The summed E-state index contributed by atoms with van der Waals surface area (Å²) < 4.78 is 36.9. The van der Waals surface area contributed by atoms with E-state index >= 15 is 0 Å². The summed E-state index contributed by atoms with van der Waals surface area (Å²) in [6.07, 6.45) is -3.23. The van der Waals surface area contributed by atoms with Crippen molar-refractivity contribution in [3.63, 3.8) is 0 Å². The summed E-state index contributed by atoms with van der Waals surface area (Å²) in [6.45, 7) is 0.352.